The van der Waals surface area contributed by atoms with E-state index in [9.17, 15) is 4.39 Å². The normalized spacial score (nSPS) is 15.2. The van der Waals surface area contributed by atoms with E-state index in [1.807, 2.05) is 31.2 Å². The fraction of sp³-hybridized carbons (Fsp3) is 0.286. The number of aromatic nitrogens is 3. The molecular weight excluding hydrogens is 329 g/mol. The quantitative estimate of drug-likeness (QED) is 0.678. The zero-order valence-electron chi connectivity index (χ0n) is 15.1. The molecule has 2 aromatic heterocycles. The number of benzene rings is 1. The second kappa shape index (κ2) is 6.16. The molecule has 0 amide bonds. The monoisotopic (exact) mass is 349 g/mol. The number of nitrogens with zero attached hydrogens (tertiary/aromatic N) is 3. The van der Waals surface area contributed by atoms with Gasteiger partial charge in [-0.1, -0.05) is 32.0 Å². The van der Waals surface area contributed by atoms with Gasteiger partial charge in [-0.2, -0.15) is 4.98 Å². The number of hydrogen-bond acceptors (Lipinski definition) is 4. The van der Waals surface area contributed by atoms with Crippen molar-refractivity contribution in [2.75, 3.05) is 6.61 Å². The van der Waals surface area contributed by atoms with Crippen LogP contribution in [0.5, 0.6) is 5.88 Å². The average molecular weight is 349 g/mol. The molecule has 0 unspecified atom stereocenters. The Morgan fingerprint density at radius 1 is 1.00 bits per heavy atom. The summed E-state index contributed by atoms with van der Waals surface area (Å²) >= 11 is 0. The molecule has 132 valence electrons. The zero-order valence-corrected chi connectivity index (χ0v) is 15.1. The van der Waals surface area contributed by atoms with Crippen LogP contribution in [0.4, 0.5) is 4.39 Å². The van der Waals surface area contributed by atoms with Gasteiger partial charge in [0.2, 0.25) is 5.88 Å². The Morgan fingerprint density at radius 3 is 2.58 bits per heavy atom. The highest BCUT2D eigenvalue weighted by Gasteiger charge is 2.32. The number of aryl methyl sites for hydroxylation is 1. The van der Waals surface area contributed by atoms with Crippen LogP contribution in [0.25, 0.3) is 22.8 Å². The largest absolute Gasteiger partial charge is 0.477 e. The van der Waals surface area contributed by atoms with Crippen LogP contribution in [0, 0.1) is 18.2 Å². The Bertz CT molecular complexity index is 985. The predicted octanol–water partition coefficient (Wildman–Crippen LogP) is 4.61. The maximum absolute atomic E-state index is 14.5. The fourth-order valence-electron chi connectivity index (χ4n) is 3.19. The van der Waals surface area contributed by atoms with Crippen molar-refractivity contribution < 1.29 is 9.13 Å². The van der Waals surface area contributed by atoms with E-state index in [1.54, 1.807) is 12.1 Å². The lowest BCUT2D eigenvalue weighted by atomic mass is 9.83. The summed E-state index contributed by atoms with van der Waals surface area (Å²) in [5, 5.41) is 0. The Hall–Kier alpha value is -2.82. The Labute approximate surface area is 152 Å². The van der Waals surface area contributed by atoms with Gasteiger partial charge in [-0.25, -0.2) is 14.4 Å². The van der Waals surface area contributed by atoms with Crippen LogP contribution in [-0.2, 0) is 6.42 Å². The van der Waals surface area contributed by atoms with Gasteiger partial charge in [-0.3, -0.25) is 0 Å². The van der Waals surface area contributed by atoms with Crippen molar-refractivity contribution in [1.82, 2.24) is 15.0 Å². The SMILES string of the molecule is Cc1cccc(-c2nc3c(c(-c4ccccc4F)n2)CC(C)(C)CO3)n1. The molecule has 1 aromatic carbocycles. The van der Waals surface area contributed by atoms with Gasteiger partial charge in [0.25, 0.3) is 0 Å². The van der Waals surface area contributed by atoms with Crippen LogP contribution >= 0.6 is 0 Å². The van der Waals surface area contributed by atoms with Crippen LogP contribution in [0.3, 0.4) is 0 Å². The summed E-state index contributed by atoms with van der Waals surface area (Å²) in [5.41, 5.74) is 3.36. The first-order valence-electron chi connectivity index (χ1n) is 8.66. The summed E-state index contributed by atoms with van der Waals surface area (Å²) in [6.45, 7) is 6.72. The lowest BCUT2D eigenvalue weighted by Crippen LogP contribution is -2.30. The Morgan fingerprint density at radius 2 is 1.81 bits per heavy atom. The predicted molar refractivity (Wildman–Crippen MR) is 98.4 cm³/mol. The number of fused-ring (bicyclic) bond motifs is 1. The van der Waals surface area contributed by atoms with E-state index in [2.05, 4.69) is 23.8 Å². The third-order valence-electron chi connectivity index (χ3n) is 4.47. The molecule has 4 nitrogen and oxygen atoms in total. The highest BCUT2D eigenvalue weighted by atomic mass is 19.1. The minimum Gasteiger partial charge on any atom is -0.477 e. The highest BCUT2D eigenvalue weighted by molar-refractivity contribution is 5.69. The van der Waals surface area contributed by atoms with E-state index < -0.39 is 0 Å². The maximum atomic E-state index is 14.5. The van der Waals surface area contributed by atoms with Crippen molar-refractivity contribution in [3.63, 3.8) is 0 Å². The van der Waals surface area contributed by atoms with Gasteiger partial charge in [0, 0.05) is 22.2 Å². The summed E-state index contributed by atoms with van der Waals surface area (Å²) < 4.78 is 20.5. The van der Waals surface area contributed by atoms with Crippen molar-refractivity contribution in [2.45, 2.75) is 27.2 Å². The summed E-state index contributed by atoms with van der Waals surface area (Å²) in [7, 11) is 0. The van der Waals surface area contributed by atoms with Crippen molar-refractivity contribution >= 4 is 0 Å². The van der Waals surface area contributed by atoms with Gasteiger partial charge in [-0.15, -0.1) is 0 Å². The summed E-state index contributed by atoms with van der Waals surface area (Å²) in [5.74, 6) is 0.668. The average Bonchev–Trinajstić information content (AvgIpc) is 2.61. The van der Waals surface area contributed by atoms with Crippen molar-refractivity contribution in [3.05, 3.63) is 59.5 Å². The standard InChI is InChI=1S/C21H20FN3O/c1-13-7-6-10-17(23-13)19-24-18(14-8-4-5-9-16(14)22)15-11-21(2,3)12-26-20(15)25-19/h4-10H,11-12H2,1-3H3. The van der Waals surface area contributed by atoms with Gasteiger partial charge < -0.3 is 4.74 Å². The topological polar surface area (TPSA) is 47.9 Å². The number of halogens is 1. The van der Waals surface area contributed by atoms with Crippen molar-refractivity contribution in [2.24, 2.45) is 5.41 Å². The fourth-order valence-corrected chi connectivity index (χ4v) is 3.19. The van der Waals surface area contributed by atoms with Gasteiger partial charge in [0.1, 0.15) is 11.5 Å². The molecule has 0 fully saturated rings. The molecule has 0 spiro atoms. The van der Waals surface area contributed by atoms with Crippen LogP contribution in [-0.4, -0.2) is 21.6 Å². The number of pyridine rings is 1. The Kier molecular flexibility index (Phi) is 3.94. The molecule has 3 heterocycles. The van der Waals surface area contributed by atoms with Crippen molar-refractivity contribution in [1.29, 1.82) is 0 Å². The third-order valence-corrected chi connectivity index (χ3v) is 4.47. The van der Waals surface area contributed by atoms with Crippen LogP contribution < -0.4 is 4.74 Å². The zero-order chi connectivity index (χ0) is 18.3. The number of hydrogen-bond donors (Lipinski definition) is 0. The molecule has 4 rings (SSSR count). The van der Waals surface area contributed by atoms with E-state index >= 15 is 0 Å². The van der Waals surface area contributed by atoms with E-state index in [1.165, 1.54) is 6.07 Å². The summed E-state index contributed by atoms with van der Waals surface area (Å²) in [6.07, 6.45) is 0.730. The van der Waals surface area contributed by atoms with E-state index in [0.29, 0.717) is 35.3 Å². The van der Waals surface area contributed by atoms with E-state index in [4.69, 9.17) is 9.72 Å². The van der Waals surface area contributed by atoms with Crippen LogP contribution in [0.15, 0.2) is 42.5 Å². The Balaban J connectivity index is 1.96. The molecule has 0 N–H and O–H groups in total. The van der Waals surface area contributed by atoms with E-state index in [-0.39, 0.29) is 11.2 Å². The number of ether oxygens (including phenoxy) is 1. The molecule has 0 radical (unpaired) electrons. The minimum atomic E-state index is -0.306. The number of rotatable bonds is 2. The van der Waals surface area contributed by atoms with Gasteiger partial charge >= 0.3 is 0 Å². The molecule has 1 aliphatic heterocycles. The van der Waals surface area contributed by atoms with Gasteiger partial charge in [-0.05, 0) is 37.6 Å². The molecule has 5 heteroatoms. The second-order valence-corrected chi connectivity index (χ2v) is 7.45. The highest BCUT2D eigenvalue weighted by Crippen LogP contribution is 2.39. The molecular formula is C21H20FN3O. The van der Waals surface area contributed by atoms with Gasteiger partial charge in [0.15, 0.2) is 5.82 Å². The second-order valence-electron chi connectivity index (χ2n) is 7.45. The van der Waals surface area contributed by atoms with Crippen LogP contribution in [0.1, 0.15) is 25.1 Å². The minimum absolute atomic E-state index is 0.0561. The van der Waals surface area contributed by atoms with Crippen molar-refractivity contribution in [3.8, 4) is 28.7 Å². The first-order chi connectivity index (χ1) is 12.4. The molecule has 1 aliphatic rings. The maximum Gasteiger partial charge on any atom is 0.220 e. The lowest BCUT2D eigenvalue weighted by Gasteiger charge is -2.31. The van der Waals surface area contributed by atoms with Gasteiger partial charge in [0.05, 0.1) is 12.3 Å². The summed E-state index contributed by atoms with van der Waals surface area (Å²) in [4.78, 5) is 13.8. The molecule has 0 saturated carbocycles. The third kappa shape index (κ3) is 3.05. The first kappa shape index (κ1) is 16.6. The van der Waals surface area contributed by atoms with Crippen LogP contribution in [0.2, 0.25) is 0 Å². The molecule has 0 bridgehead atoms. The van der Waals surface area contributed by atoms with E-state index in [0.717, 1.165) is 17.7 Å². The molecule has 0 saturated heterocycles. The smallest absolute Gasteiger partial charge is 0.220 e. The lowest BCUT2D eigenvalue weighted by molar-refractivity contribution is 0.148. The molecule has 0 atom stereocenters. The molecule has 0 aliphatic carbocycles. The first-order valence-corrected chi connectivity index (χ1v) is 8.66. The molecule has 3 aromatic rings. The molecule has 26 heavy (non-hydrogen) atoms. The summed E-state index contributed by atoms with van der Waals surface area (Å²) in [6, 6.07) is 12.4.